The summed E-state index contributed by atoms with van der Waals surface area (Å²) in [6.07, 6.45) is 0. The highest BCUT2D eigenvalue weighted by molar-refractivity contribution is 5.92. The maximum atomic E-state index is 13.6. The molecule has 0 radical (unpaired) electrons. The fourth-order valence-corrected chi connectivity index (χ4v) is 2.85. The van der Waals surface area contributed by atoms with Crippen LogP contribution < -0.4 is 5.32 Å². The third kappa shape index (κ3) is 4.28. The van der Waals surface area contributed by atoms with Crippen molar-refractivity contribution in [3.8, 4) is 0 Å². The van der Waals surface area contributed by atoms with E-state index in [1.54, 1.807) is 0 Å². The van der Waals surface area contributed by atoms with E-state index in [1.165, 1.54) is 0 Å². The second-order valence-electron chi connectivity index (χ2n) is 6.06. The number of esters is 1. The van der Waals surface area contributed by atoms with Gasteiger partial charge in [-0.05, 0) is 35.4 Å². The number of rotatable bonds is 5. The number of halogens is 2. The van der Waals surface area contributed by atoms with Crippen molar-refractivity contribution < 1.29 is 23.1 Å². The first-order chi connectivity index (χ1) is 13.0. The molecule has 0 aromatic heterocycles. The Bertz CT molecular complexity index is 998. The average molecular weight is 369 g/mol. The topological polar surface area (TPSA) is 55.4 Å². The quantitative estimate of drug-likeness (QED) is 0.688. The number of fused-ring (bicyclic) bond motifs is 1. The maximum Gasteiger partial charge on any atom is 0.341 e. The molecule has 3 aromatic rings. The Kier molecular flexibility index (Phi) is 5.45. The molecule has 0 aliphatic rings. The number of hydrogen-bond acceptors (Lipinski definition) is 3. The molecule has 4 nitrogen and oxygen atoms in total. The normalized spacial score (nSPS) is 11.8. The number of nitrogens with one attached hydrogen (secondary N) is 1. The van der Waals surface area contributed by atoms with Crippen LogP contribution in [0, 0.1) is 11.6 Å². The Hall–Kier alpha value is -3.28. The Morgan fingerprint density at radius 3 is 2.56 bits per heavy atom. The number of amides is 1. The van der Waals surface area contributed by atoms with Gasteiger partial charge in [-0.2, -0.15) is 0 Å². The monoisotopic (exact) mass is 369 g/mol. The summed E-state index contributed by atoms with van der Waals surface area (Å²) in [6, 6.07) is 15.8. The smallest absolute Gasteiger partial charge is 0.341 e. The van der Waals surface area contributed by atoms with Crippen LogP contribution in [0.5, 0.6) is 0 Å². The van der Waals surface area contributed by atoms with E-state index in [0.29, 0.717) is 6.07 Å². The first kappa shape index (κ1) is 18.5. The first-order valence-electron chi connectivity index (χ1n) is 8.35. The van der Waals surface area contributed by atoms with Crippen molar-refractivity contribution in [2.45, 2.75) is 13.0 Å². The molecule has 0 spiro atoms. The van der Waals surface area contributed by atoms with Gasteiger partial charge in [0.15, 0.2) is 6.61 Å². The molecule has 0 saturated heterocycles. The summed E-state index contributed by atoms with van der Waals surface area (Å²) in [6.45, 7) is 1.26. The van der Waals surface area contributed by atoms with Gasteiger partial charge in [0.1, 0.15) is 11.6 Å². The van der Waals surface area contributed by atoms with Gasteiger partial charge in [0.25, 0.3) is 5.91 Å². The number of benzene rings is 3. The van der Waals surface area contributed by atoms with Gasteiger partial charge in [-0.3, -0.25) is 4.79 Å². The van der Waals surface area contributed by atoms with Gasteiger partial charge in [-0.25, -0.2) is 13.6 Å². The third-order valence-corrected chi connectivity index (χ3v) is 4.15. The molecule has 0 bridgehead atoms. The van der Waals surface area contributed by atoms with Gasteiger partial charge >= 0.3 is 5.97 Å². The van der Waals surface area contributed by atoms with E-state index < -0.39 is 35.7 Å². The minimum atomic E-state index is -1.04. The van der Waals surface area contributed by atoms with Crippen LogP contribution >= 0.6 is 0 Å². The van der Waals surface area contributed by atoms with Gasteiger partial charge < -0.3 is 10.1 Å². The van der Waals surface area contributed by atoms with E-state index in [4.69, 9.17) is 4.74 Å². The molecule has 27 heavy (non-hydrogen) atoms. The van der Waals surface area contributed by atoms with E-state index >= 15 is 0 Å². The first-order valence-corrected chi connectivity index (χ1v) is 8.35. The van der Waals surface area contributed by atoms with Crippen LogP contribution in [0.3, 0.4) is 0 Å². The number of ether oxygens (including phenoxy) is 1. The van der Waals surface area contributed by atoms with E-state index in [2.05, 4.69) is 5.32 Å². The van der Waals surface area contributed by atoms with E-state index in [-0.39, 0.29) is 6.04 Å². The second kappa shape index (κ2) is 7.95. The van der Waals surface area contributed by atoms with Gasteiger partial charge in [-0.15, -0.1) is 0 Å². The summed E-state index contributed by atoms with van der Waals surface area (Å²) in [5, 5.41) is 4.81. The Balaban J connectivity index is 1.62. The SMILES string of the molecule is C[C@@H](NC(=O)COC(=O)c1ccc(F)cc1F)c1cccc2ccccc12. The van der Waals surface area contributed by atoms with Crippen LogP contribution in [0.15, 0.2) is 60.7 Å². The standard InChI is InChI=1S/C21H17F2NO3/c1-13(16-8-4-6-14-5-2-3-7-17(14)16)24-20(25)12-27-21(26)18-10-9-15(22)11-19(18)23/h2-11,13H,12H2,1H3,(H,24,25)/t13-/m1/s1. The van der Waals surface area contributed by atoms with Crippen molar-refractivity contribution in [3.63, 3.8) is 0 Å². The van der Waals surface area contributed by atoms with Gasteiger partial charge in [-0.1, -0.05) is 42.5 Å². The number of hydrogen-bond donors (Lipinski definition) is 1. The van der Waals surface area contributed by atoms with Crippen molar-refractivity contribution in [1.82, 2.24) is 5.32 Å². The highest BCUT2D eigenvalue weighted by atomic mass is 19.1. The molecular formula is C21H17F2NO3. The zero-order chi connectivity index (χ0) is 19.4. The van der Waals surface area contributed by atoms with Crippen LogP contribution in [-0.2, 0) is 9.53 Å². The Morgan fingerprint density at radius 2 is 1.78 bits per heavy atom. The number of carbonyl (C=O) groups excluding carboxylic acids is 2. The molecular weight excluding hydrogens is 352 g/mol. The zero-order valence-corrected chi connectivity index (χ0v) is 14.5. The molecule has 1 atom stereocenters. The molecule has 3 rings (SSSR count). The second-order valence-corrected chi connectivity index (χ2v) is 6.06. The molecule has 0 heterocycles. The van der Waals surface area contributed by atoms with Gasteiger partial charge in [0.05, 0.1) is 11.6 Å². The summed E-state index contributed by atoms with van der Waals surface area (Å²) in [7, 11) is 0. The lowest BCUT2D eigenvalue weighted by molar-refractivity contribution is -0.124. The predicted octanol–water partition coefficient (Wildman–Crippen LogP) is 4.15. The van der Waals surface area contributed by atoms with E-state index in [0.717, 1.165) is 28.5 Å². The largest absolute Gasteiger partial charge is 0.452 e. The average Bonchev–Trinajstić information content (AvgIpc) is 2.65. The lowest BCUT2D eigenvalue weighted by Crippen LogP contribution is -2.31. The minimum Gasteiger partial charge on any atom is -0.452 e. The highest BCUT2D eigenvalue weighted by Crippen LogP contribution is 2.24. The van der Waals surface area contributed by atoms with Crippen molar-refractivity contribution in [2.75, 3.05) is 6.61 Å². The van der Waals surface area contributed by atoms with Crippen LogP contribution in [0.4, 0.5) is 8.78 Å². The zero-order valence-electron chi connectivity index (χ0n) is 14.5. The minimum absolute atomic E-state index is 0.315. The predicted molar refractivity (Wildman–Crippen MR) is 97.1 cm³/mol. The Labute approximate surface area is 154 Å². The summed E-state index contributed by atoms with van der Waals surface area (Å²) < 4.78 is 31.3. The Morgan fingerprint density at radius 1 is 1.04 bits per heavy atom. The molecule has 1 N–H and O–H groups in total. The van der Waals surface area contributed by atoms with Gasteiger partial charge in [0.2, 0.25) is 0 Å². The molecule has 1 amide bonds. The van der Waals surface area contributed by atoms with Crippen molar-refractivity contribution >= 4 is 22.6 Å². The fourth-order valence-electron chi connectivity index (χ4n) is 2.85. The molecule has 0 unspecified atom stereocenters. The van der Waals surface area contributed by atoms with Crippen LogP contribution in [0.1, 0.15) is 28.9 Å². The summed E-state index contributed by atoms with van der Waals surface area (Å²) in [5.74, 6) is -3.39. The lowest BCUT2D eigenvalue weighted by atomic mass is 10.00. The fraction of sp³-hybridized carbons (Fsp3) is 0.143. The molecule has 6 heteroatoms. The molecule has 0 aliphatic heterocycles. The third-order valence-electron chi connectivity index (χ3n) is 4.15. The molecule has 138 valence electrons. The van der Waals surface area contributed by atoms with E-state index in [1.807, 2.05) is 49.4 Å². The molecule has 3 aromatic carbocycles. The maximum absolute atomic E-state index is 13.6. The van der Waals surface area contributed by atoms with Gasteiger partial charge in [0, 0.05) is 6.07 Å². The summed E-state index contributed by atoms with van der Waals surface area (Å²) >= 11 is 0. The van der Waals surface area contributed by atoms with Crippen molar-refractivity contribution in [1.29, 1.82) is 0 Å². The summed E-state index contributed by atoms with van der Waals surface area (Å²) in [5.41, 5.74) is 0.503. The molecule has 0 aliphatic carbocycles. The van der Waals surface area contributed by atoms with Crippen molar-refractivity contribution in [3.05, 3.63) is 83.4 Å². The summed E-state index contributed by atoms with van der Waals surface area (Å²) in [4.78, 5) is 23.9. The van der Waals surface area contributed by atoms with Crippen LogP contribution in [0.2, 0.25) is 0 Å². The van der Waals surface area contributed by atoms with Crippen LogP contribution in [0.25, 0.3) is 10.8 Å². The van der Waals surface area contributed by atoms with Crippen LogP contribution in [-0.4, -0.2) is 18.5 Å². The number of carbonyl (C=O) groups is 2. The van der Waals surface area contributed by atoms with Crippen molar-refractivity contribution in [2.24, 2.45) is 0 Å². The highest BCUT2D eigenvalue weighted by Gasteiger charge is 2.17. The molecule has 0 saturated carbocycles. The molecule has 0 fully saturated rings. The lowest BCUT2D eigenvalue weighted by Gasteiger charge is -2.16. The van der Waals surface area contributed by atoms with E-state index in [9.17, 15) is 18.4 Å².